The second-order valence-electron chi connectivity index (χ2n) is 16.0. The molecule has 11 aromatic carbocycles. The SMILES string of the molecule is c1ccc(-c2ccc(-c3cccc(N(c4cccc(-c5cc6ccccc6c6ccccc56)c4)c4ccc(-c5cccc6ccccc56)c5oc6ccccc6c45)c3)cc2)cc1. The first-order valence-corrected chi connectivity index (χ1v) is 21.2. The molecular formula is C60H39NO. The summed E-state index contributed by atoms with van der Waals surface area (Å²) in [5, 5.41) is 9.53. The van der Waals surface area contributed by atoms with Gasteiger partial charge in [0, 0.05) is 22.3 Å². The molecule has 0 unspecified atom stereocenters. The van der Waals surface area contributed by atoms with Crippen molar-refractivity contribution < 1.29 is 4.42 Å². The molecule has 290 valence electrons. The van der Waals surface area contributed by atoms with E-state index in [-0.39, 0.29) is 0 Å². The summed E-state index contributed by atoms with van der Waals surface area (Å²) >= 11 is 0. The Bertz CT molecular complexity index is 3630. The quantitative estimate of drug-likeness (QED) is 0.150. The summed E-state index contributed by atoms with van der Waals surface area (Å²) in [6, 6.07) is 85.4. The summed E-state index contributed by atoms with van der Waals surface area (Å²) < 4.78 is 6.95. The summed E-state index contributed by atoms with van der Waals surface area (Å²) in [6.07, 6.45) is 0. The van der Waals surface area contributed by atoms with Gasteiger partial charge in [-0.3, -0.25) is 0 Å². The maximum atomic E-state index is 6.95. The molecule has 0 bridgehead atoms. The van der Waals surface area contributed by atoms with Crippen molar-refractivity contribution in [2.45, 2.75) is 0 Å². The molecule has 0 N–H and O–H groups in total. The van der Waals surface area contributed by atoms with Crippen molar-refractivity contribution in [2.75, 3.05) is 4.90 Å². The van der Waals surface area contributed by atoms with E-state index in [1.54, 1.807) is 0 Å². The van der Waals surface area contributed by atoms with Crippen LogP contribution in [-0.2, 0) is 0 Å². The molecular weight excluding hydrogens is 751 g/mol. The molecule has 0 aliphatic carbocycles. The van der Waals surface area contributed by atoms with Gasteiger partial charge in [-0.2, -0.15) is 0 Å². The molecule has 0 saturated carbocycles. The first-order chi connectivity index (χ1) is 30.7. The lowest BCUT2D eigenvalue weighted by Gasteiger charge is -2.28. The summed E-state index contributed by atoms with van der Waals surface area (Å²) in [5.74, 6) is 0. The van der Waals surface area contributed by atoms with Crippen LogP contribution in [0.4, 0.5) is 17.1 Å². The van der Waals surface area contributed by atoms with E-state index in [9.17, 15) is 0 Å². The zero-order chi connectivity index (χ0) is 41.0. The number of hydrogen-bond acceptors (Lipinski definition) is 2. The molecule has 2 heteroatoms. The fourth-order valence-corrected chi connectivity index (χ4v) is 9.51. The predicted octanol–water partition coefficient (Wildman–Crippen LogP) is 17.2. The topological polar surface area (TPSA) is 16.4 Å². The molecule has 1 aromatic heterocycles. The summed E-state index contributed by atoms with van der Waals surface area (Å²) in [6.45, 7) is 0. The van der Waals surface area contributed by atoms with Gasteiger partial charge in [0.15, 0.2) is 0 Å². The van der Waals surface area contributed by atoms with Crippen molar-refractivity contribution in [3.8, 4) is 44.5 Å². The highest BCUT2D eigenvalue weighted by molar-refractivity contribution is 6.19. The molecule has 0 radical (unpaired) electrons. The zero-order valence-corrected chi connectivity index (χ0v) is 33.9. The van der Waals surface area contributed by atoms with E-state index in [2.05, 4.69) is 241 Å². The van der Waals surface area contributed by atoms with Crippen LogP contribution in [-0.4, -0.2) is 0 Å². The number of nitrogens with zero attached hydrogens (tertiary/aromatic N) is 1. The van der Waals surface area contributed by atoms with Crippen LogP contribution in [0.1, 0.15) is 0 Å². The van der Waals surface area contributed by atoms with Crippen LogP contribution in [0.25, 0.3) is 98.8 Å². The maximum absolute atomic E-state index is 6.95. The van der Waals surface area contributed by atoms with Crippen molar-refractivity contribution in [2.24, 2.45) is 0 Å². The highest BCUT2D eigenvalue weighted by Gasteiger charge is 2.24. The summed E-state index contributed by atoms with van der Waals surface area (Å²) in [4.78, 5) is 2.42. The van der Waals surface area contributed by atoms with Crippen molar-refractivity contribution in [1.29, 1.82) is 0 Å². The Morgan fingerprint density at radius 1 is 0.290 bits per heavy atom. The highest BCUT2D eigenvalue weighted by Crippen LogP contribution is 2.48. The molecule has 12 rings (SSSR count). The van der Waals surface area contributed by atoms with Crippen LogP contribution in [0.2, 0.25) is 0 Å². The number of benzene rings is 11. The van der Waals surface area contributed by atoms with Crippen LogP contribution >= 0.6 is 0 Å². The third-order valence-corrected chi connectivity index (χ3v) is 12.4. The van der Waals surface area contributed by atoms with Crippen LogP contribution in [0, 0.1) is 0 Å². The smallest absolute Gasteiger partial charge is 0.145 e. The second kappa shape index (κ2) is 14.8. The van der Waals surface area contributed by atoms with Crippen LogP contribution in [0.15, 0.2) is 241 Å². The molecule has 0 amide bonds. The van der Waals surface area contributed by atoms with Gasteiger partial charge in [0.05, 0.1) is 11.1 Å². The monoisotopic (exact) mass is 789 g/mol. The number of hydrogen-bond donors (Lipinski definition) is 0. The first-order valence-electron chi connectivity index (χ1n) is 21.2. The first kappa shape index (κ1) is 35.7. The molecule has 0 aliphatic heterocycles. The van der Waals surface area contributed by atoms with Gasteiger partial charge in [0.1, 0.15) is 11.2 Å². The number of rotatable bonds is 7. The average Bonchev–Trinajstić information content (AvgIpc) is 3.74. The lowest BCUT2D eigenvalue weighted by Crippen LogP contribution is -2.11. The van der Waals surface area contributed by atoms with E-state index in [1.165, 1.54) is 49.0 Å². The molecule has 1 heterocycles. The number of para-hydroxylation sites is 1. The van der Waals surface area contributed by atoms with Crippen molar-refractivity contribution in [1.82, 2.24) is 0 Å². The number of fused-ring (bicyclic) bond motifs is 7. The largest absolute Gasteiger partial charge is 0.455 e. The Kier molecular flexibility index (Phi) is 8.53. The molecule has 2 nitrogen and oxygen atoms in total. The fraction of sp³-hybridized carbons (Fsp3) is 0. The third-order valence-electron chi connectivity index (χ3n) is 12.4. The van der Waals surface area contributed by atoms with E-state index in [1.807, 2.05) is 0 Å². The van der Waals surface area contributed by atoms with Crippen molar-refractivity contribution in [3.05, 3.63) is 237 Å². The minimum Gasteiger partial charge on any atom is -0.455 e. The molecule has 0 fully saturated rings. The van der Waals surface area contributed by atoms with E-state index < -0.39 is 0 Å². The average molecular weight is 790 g/mol. The van der Waals surface area contributed by atoms with Crippen LogP contribution < -0.4 is 4.90 Å². The predicted molar refractivity (Wildman–Crippen MR) is 263 cm³/mol. The Hall–Kier alpha value is -8.20. The molecule has 0 spiro atoms. The molecule has 0 atom stereocenters. The number of furan rings is 1. The van der Waals surface area contributed by atoms with Gasteiger partial charge < -0.3 is 9.32 Å². The van der Waals surface area contributed by atoms with Crippen molar-refractivity contribution in [3.63, 3.8) is 0 Å². The van der Waals surface area contributed by atoms with Gasteiger partial charge in [-0.25, -0.2) is 0 Å². The summed E-state index contributed by atoms with van der Waals surface area (Å²) in [5.41, 5.74) is 14.2. The van der Waals surface area contributed by atoms with Gasteiger partial charge in [0.25, 0.3) is 0 Å². The zero-order valence-electron chi connectivity index (χ0n) is 33.9. The van der Waals surface area contributed by atoms with Crippen LogP contribution in [0.5, 0.6) is 0 Å². The normalized spacial score (nSPS) is 11.5. The molecule has 62 heavy (non-hydrogen) atoms. The lowest BCUT2D eigenvalue weighted by molar-refractivity contribution is 0.670. The second-order valence-corrected chi connectivity index (χ2v) is 16.0. The molecule has 0 saturated heterocycles. The third kappa shape index (κ3) is 6.04. The standard InChI is InChI=1S/C60H39NO/c1-2-15-40(16-3-1)41-31-33-42(34-32-41)44-20-12-22-47(37-44)61(48-23-13-21-45(38-48)56-39-46-18-5-7-25-50(46)51-26-8-9-27-53(51)56)57-36-35-54(52-29-14-19-43-17-4-6-24-49(43)52)60-59(57)55-28-10-11-30-58(55)62-60/h1-39H. The van der Waals surface area contributed by atoms with Gasteiger partial charge in [-0.15, -0.1) is 0 Å². The van der Waals surface area contributed by atoms with Gasteiger partial charge in [-0.1, -0.05) is 188 Å². The van der Waals surface area contributed by atoms with Gasteiger partial charge >= 0.3 is 0 Å². The Balaban J connectivity index is 1.09. The highest BCUT2D eigenvalue weighted by atomic mass is 16.3. The summed E-state index contributed by atoms with van der Waals surface area (Å²) in [7, 11) is 0. The van der Waals surface area contributed by atoms with E-state index in [0.717, 1.165) is 66.8 Å². The number of anilines is 3. The van der Waals surface area contributed by atoms with E-state index in [0.29, 0.717) is 0 Å². The van der Waals surface area contributed by atoms with Crippen LogP contribution in [0.3, 0.4) is 0 Å². The lowest BCUT2D eigenvalue weighted by atomic mass is 9.93. The minimum atomic E-state index is 0.861. The Morgan fingerprint density at radius 3 is 1.63 bits per heavy atom. The Labute approximate surface area is 360 Å². The maximum Gasteiger partial charge on any atom is 0.145 e. The van der Waals surface area contributed by atoms with E-state index in [4.69, 9.17) is 4.42 Å². The van der Waals surface area contributed by atoms with E-state index >= 15 is 0 Å². The minimum absolute atomic E-state index is 0.861. The molecule has 12 aromatic rings. The van der Waals surface area contributed by atoms with Gasteiger partial charge in [0.2, 0.25) is 0 Å². The van der Waals surface area contributed by atoms with Gasteiger partial charge in [-0.05, 0) is 120 Å². The Morgan fingerprint density at radius 2 is 0.839 bits per heavy atom. The van der Waals surface area contributed by atoms with Crippen molar-refractivity contribution >= 4 is 71.3 Å². The molecule has 0 aliphatic rings. The fourth-order valence-electron chi connectivity index (χ4n) is 9.51.